The molecule has 1 saturated carbocycles. The molecule has 3 unspecified atom stereocenters. The number of aryl methyl sites for hydroxylation is 1. The van der Waals surface area contributed by atoms with Crippen LogP contribution in [0.1, 0.15) is 45.4 Å². The number of hydrogen-bond donors (Lipinski definition) is 0. The van der Waals surface area contributed by atoms with Crippen molar-refractivity contribution in [1.82, 2.24) is 14.8 Å². The number of rotatable bonds is 4. The number of nitrogens with zero attached hydrogens (tertiary/aromatic N) is 3. The van der Waals surface area contributed by atoms with Gasteiger partial charge in [0.15, 0.2) is 0 Å². The number of alkyl halides is 1. The molecule has 0 saturated heterocycles. The quantitative estimate of drug-likeness (QED) is 0.773. The summed E-state index contributed by atoms with van der Waals surface area (Å²) in [4.78, 5) is 4.36. The van der Waals surface area contributed by atoms with E-state index in [1.807, 2.05) is 4.68 Å². The van der Waals surface area contributed by atoms with Crippen molar-refractivity contribution in [3.05, 3.63) is 12.2 Å². The van der Waals surface area contributed by atoms with E-state index < -0.39 is 0 Å². The van der Waals surface area contributed by atoms with Crippen molar-refractivity contribution in [1.29, 1.82) is 0 Å². The van der Waals surface area contributed by atoms with Gasteiger partial charge < -0.3 is 0 Å². The molecule has 96 valence electrons. The van der Waals surface area contributed by atoms with Crippen LogP contribution < -0.4 is 0 Å². The second-order valence-corrected chi connectivity index (χ2v) is 5.62. The van der Waals surface area contributed by atoms with Crippen LogP contribution in [0.3, 0.4) is 0 Å². The van der Waals surface area contributed by atoms with Crippen LogP contribution in [0.4, 0.5) is 0 Å². The Labute approximate surface area is 109 Å². The van der Waals surface area contributed by atoms with Crippen LogP contribution in [0.5, 0.6) is 0 Å². The molecule has 3 atom stereocenters. The minimum absolute atomic E-state index is 0.319. The number of hydrogen-bond acceptors (Lipinski definition) is 2. The molecule has 2 rings (SSSR count). The van der Waals surface area contributed by atoms with E-state index in [2.05, 4.69) is 23.9 Å². The maximum absolute atomic E-state index is 6.46. The Kier molecular flexibility index (Phi) is 4.43. The maximum Gasteiger partial charge on any atom is 0.138 e. The van der Waals surface area contributed by atoms with Crippen molar-refractivity contribution in [3.8, 4) is 0 Å². The van der Waals surface area contributed by atoms with E-state index in [1.54, 1.807) is 6.33 Å². The summed E-state index contributed by atoms with van der Waals surface area (Å²) in [6, 6.07) is 0. The van der Waals surface area contributed by atoms with E-state index in [-0.39, 0.29) is 0 Å². The van der Waals surface area contributed by atoms with Crippen LogP contribution in [0, 0.1) is 11.8 Å². The lowest BCUT2D eigenvalue weighted by molar-refractivity contribution is 0.260. The van der Waals surface area contributed by atoms with Gasteiger partial charge in [-0.15, -0.1) is 11.6 Å². The van der Waals surface area contributed by atoms with Gasteiger partial charge in [0.25, 0.3) is 0 Å². The summed E-state index contributed by atoms with van der Waals surface area (Å²) < 4.78 is 1.99. The topological polar surface area (TPSA) is 30.7 Å². The van der Waals surface area contributed by atoms with Crippen molar-refractivity contribution >= 4 is 11.6 Å². The minimum Gasteiger partial charge on any atom is -0.250 e. The summed E-state index contributed by atoms with van der Waals surface area (Å²) >= 11 is 6.46. The van der Waals surface area contributed by atoms with Crippen molar-refractivity contribution in [2.45, 2.75) is 57.9 Å². The molecular formula is C13H22ClN3. The average Bonchev–Trinajstić information content (AvgIpc) is 2.79. The molecule has 0 radical (unpaired) electrons. The van der Waals surface area contributed by atoms with E-state index >= 15 is 0 Å². The maximum atomic E-state index is 6.46. The van der Waals surface area contributed by atoms with Crippen LogP contribution in [-0.2, 0) is 13.0 Å². The van der Waals surface area contributed by atoms with Gasteiger partial charge in [0.2, 0.25) is 0 Å². The zero-order chi connectivity index (χ0) is 12.3. The first-order valence-electron chi connectivity index (χ1n) is 6.75. The monoisotopic (exact) mass is 255 g/mol. The predicted octanol–water partition coefficient (Wildman–Crippen LogP) is 3.27. The zero-order valence-electron chi connectivity index (χ0n) is 10.8. The highest BCUT2D eigenvalue weighted by molar-refractivity contribution is 6.20. The fraction of sp³-hybridized carbons (Fsp3) is 0.846. The third kappa shape index (κ3) is 3.01. The largest absolute Gasteiger partial charge is 0.250 e. The van der Waals surface area contributed by atoms with Crippen molar-refractivity contribution in [2.24, 2.45) is 11.8 Å². The van der Waals surface area contributed by atoms with Gasteiger partial charge in [-0.1, -0.05) is 13.3 Å². The molecule has 0 aromatic carbocycles. The zero-order valence-corrected chi connectivity index (χ0v) is 11.5. The lowest BCUT2D eigenvalue weighted by Crippen LogP contribution is -2.28. The normalized spacial score (nSPS) is 29.5. The molecule has 1 aliphatic carbocycles. The Balaban J connectivity index is 2.01. The first-order valence-corrected chi connectivity index (χ1v) is 7.19. The SMILES string of the molecule is CCC1CCC(Cl)C(Cc2ncnn2CC)C1. The highest BCUT2D eigenvalue weighted by Crippen LogP contribution is 2.35. The third-order valence-electron chi connectivity index (χ3n) is 4.02. The van der Waals surface area contributed by atoms with Crippen molar-refractivity contribution in [3.63, 3.8) is 0 Å². The molecule has 0 N–H and O–H groups in total. The van der Waals surface area contributed by atoms with E-state index in [0.717, 1.165) is 31.1 Å². The molecule has 3 nitrogen and oxygen atoms in total. The Hall–Kier alpha value is -0.570. The first kappa shape index (κ1) is 12.9. The fourth-order valence-corrected chi connectivity index (χ4v) is 3.17. The van der Waals surface area contributed by atoms with Gasteiger partial charge in [-0.25, -0.2) is 4.98 Å². The standard InChI is InChI=1S/C13H22ClN3/c1-3-10-5-6-12(14)11(7-10)8-13-15-9-16-17(13)4-2/h9-12H,3-8H2,1-2H3. The second kappa shape index (κ2) is 5.85. The van der Waals surface area contributed by atoms with E-state index in [0.29, 0.717) is 11.3 Å². The molecule has 17 heavy (non-hydrogen) atoms. The smallest absolute Gasteiger partial charge is 0.138 e. The molecule has 1 aromatic heterocycles. The minimum atomic E-state index is 0.319. The van der Waals surface area contributed by atoms with Gasteiger partial charge in [0.1, 0.15) is 12.2 Å². The molecule has 0 bridgehead atoms. The van der Waals surface area contributed by atoms with Crippen LogP contribution in [-0.4, -0.2) is 20.1 Å². The highest BCUT2D eigenvalue weighted by atomic mass is 35.5. The second-order valence-electron chi connectivity index (χ2n) is 5.06. The van der Waals surface area contributed by atoms with E-state index in [4.69, 9.17) is 11.6 Å². The Morgan fingerprint density at radius 3 is 2.94 bits per heavy atom. The highest BCUT2D eigenvalue weighted by Gasteiger charge is 2.29. The summed E-state index contributed by atoms with van der Waals surface area (Å²) in [5, 5.41) is 4.55. The summed E-state index contributed by atoms with van der Waals surface area (Å²) in [7, 11) is 0. The summed E-state index contributed by atoms with van der Waals surface area (Å²) in [6.07, 6.45) is 7.62. The van der Waals surface area contributed by atoms with Gasteiger partial charge in [0, 0.05) is 18.3 Å². The average molecular weight is 256 g/mol. The lowest BCUT2D eigenvalue weighted by Gasteiger charge is -2.32. The molecule has 4 heteroatoms. The summed E-state index contributed by atoms with van der Waals surface area (Å²) in [5.74, 6) is 2.53. The van der Waals surface area contributed by atoms with Gasteiger partial charge in [-0.3, -0.25) is 4.68 Å². The van der Waals surface area contributed by atoms with Gasteiger partial charge in [0.05, 0.1) is 0 Å². The fourth-order valence-electron chi connectivity index (χ4n) is 2.85. The van der Waals surface area contributed by atoms with Gasteiger partial charge in [-0.05, 0) is 38.0 Å². The predicted molar refractivity (Wildman–Crippen MR) is 70.2 cm³/mol. The first-order chi connectivity index (χ1) is 8.24. The molecule has 0 spiro atoms. The summed E-state index contributed by atoms with van der Waals surface area (Å²) in [6.45, 7) is 5.28. The van der Waals surface area contributed by atoms with Crippen LogP contribution in [0.2, 0.25) is 0 Å². The van der Waals surface area contributed by atoms with E-state index in [9.17, 15) is 0 Å². The Bertz CT molecular complexity index is 350. The van der Waals surface area contributed by atoms with Crippen LogP contribution in [0.25, 0.3) is 0 Å². The Morgan fingerprint density at radius 2 is 2.24 bits per heavy atom. The Morgan fingerprint density at radius 1 is 1.41 bits per heavy atom. The van der Waals surface area contributed by atoms with Gasteiger partial charge in [-0.2, -0.15) is 5.10 Å². The molecule has 1 aliphatic rings. The molecule has 1 heterocycles. The van der Waals surface area contributed by atoms with Crippen LogP contribution >= 0.6 is 11.6 Å². The van der Waals surface area contributed by atoms with E-state index in [1.165, 1.54) is 19.3 Å². The molecule has 0 amide bonds. The molecule has 1 aromatic rings. The molecule has 1 fully saturated rings. The molecule has 0 aliphatic heterocycles. The van der Waals surface area contributed by atoms with Gasteiger partial charge >= 0.3 is 0 Å². The van der Waals surface area contributed by atoms with Crippen molar-refractivity contribution in [2.75, 3.05) is 0 Å². The summed E-state index contributed by atoms with van der Waals surface area (Å²) in [5.41, 5.74) is 0. The number of halogens is 1. The number of aromatic nitrogens is 3. The molecular weight excluding hydrogens is 234 g/mol. The van der Waals surface area contributed by atoms with Crippen molar-refractivity contribution < 1.29 is 0 Å². The third-order valence-corrected chi connectivity index (χ3v) is 4.59. The van der Waals surface area contributed by atoms with Crippen LogP contribution in [0.15, 0.2) is 6.33 Å². The lowest BCUT2D eigenvalue weighted by atomic mass is 9.78.